The summed E-state index contributed by atoms with van der Waals surface area (Å²) >= 11 is 1.24. The third-order valence-corrected chi connectivity index (χ3v) is 4.99. The molecule has 10 heteroatoms. The molecular weight excluding hydrogens is 380 g/mol. The van der Waals surface area contributed by atoms with Crippen LogP contribution < -0.4 is 15.5 Å². The maximum atomic E-state index is 12.1. The molecule has 3 rings (SSSR count). The van der Waals surface area contributed by atoms with Crippen LogP contribution in [0.5, 0.6) is 5.75 Å². The lowest BCUT2D eigenvalue weighted by Gasteiger charge is -2.14. The number of nitrogens with zero attached hydrogens (tertiary/aromatic N) is 3. The number of thioether (sulfide) groups is 1. The minimum absolute atomic E-state index is 0.133. The summed E-state index contributed by atoms with van der Waals surface area (Å²) in [5, 5.41) is 19.7. The van der Waals surface area contributed by atoms with E-state index in [9.17, 15) is 4.79 Å². The van der Waals surface area contributed by atoms with Crippen molar-refractivity contribution in [2.24, 2.45) is 0 Å². The zero-order valence-corrected chi connectivity index (χ0v) is 16.7. The van der Waals surface area contributed by atoms with Crippen LogP contribution in [-0.4, -0.2) is 58.8 Å². The number of fused-ring (bicyclic) bond motifs is 1. The third-order valence-electron chi connectivity index (χ3n) is 4.05. The average molecular weight is 402 g/mol. The third kappa shape index (κ3) is 4.18. The quantitative estimate of drug-likeness (QED) is 0.298. The second kappa shape index (κ2) is 8.89. The molecule has 0 atom stereocenters. The van der Waals surface area contributed by atoms with E-state index in [1.165, 1.54) is 11.8 Å². The average Bonchev–Trinajstić information content (AvgIpc) is 3.07. The first kappa shape index (κ1) is 19.9. The van der Waals surface area contributed by atoms with E-state index in [1.54, 1.807) is 18.8 Å². The summed E-state index contributed by atoms with van der Waals surface area (Å²) in [7, 11) is 3.17. The van der Waals surface area contributed by atoms with Crippen molar-refractivity contribution in [1.82, 2.24) is 25.1 Å². The molecule has 3 aromatic rings. The maximum absolute atomic E-state index is 12.1. The number of carbonyl (C=O) groups excluding carboxylic acids is 1. The Kier molecular flexibility index (Phi) is 6.32. The SMILES string of the molecule is COCCNC(=O)CSc1nc2n[nH]c(C)c2c(=N)n1-c1cccc(OC)c1. The zero-order valence-electron chi connectivity index (χ0n) is 15.9. The summed E-state index contributed by atoms with van der Waals surface area (Å²) in [6.07, 6.45) is 0. The minimum atomic E-state index is -0.133. The van der Waals surface area contributed by atoms with Crippen molar-refractivity contribution in [2.45, 2.75) is 12.1 Å². The first-order valence-electron chi connectivity index (χ1n) is 8.60. The summed E-state index contributed by atoms with van der Waals surface area (Å²) in [5.74, 6) is 0.697. The van der Waals surface area contributed by atoms with E-state index in [2.05, 4.69) is 20.5 Å². The number of aryl methyl sites for hydroxylation is 1. The fourth-order valence-corrected chi connectivity index (χ4v) is 3.53. The predicted octanol–water partition coefficient (Wildman–Crippen LogP) is 1.40. The lowest BCUT2D eigenvalue weighted by Crippen LogP contribution is -2.29. The summed E-state index contributed by atoms with van der Waals surface area (Å²) in [6, 6.07) is 7.37. The predicted molar refractivity (Wildman–Crippen MR) is 106 cm³/mol. The van der Waals surface area contributed by atoms with Gasteiger partial charge in [-0.25, -0.2) is 4.98 Å². The van der Waals surface area contributed by atoms with Gasteiger partial charge in [0, 0.05) is 25.4 Å². The van der Waals surface area contributed by atoms with Gasteiger partial charge >= 0.3 is 0 Å². The summed E-state index contributed by atoms with van der Waals surface area (Å²) in [5.41, 5.74) is 2.18. The molecular formula is C18H22N6O3S. The molecule has 148 valence electrons. The van der Waals surface area contributed by atoms with E-state index < -0.39 is 0 Å². The van der Waals surface area contributed by atoms with Crippen LogP contribution in [0.2, 0.25) is 0 Å². The summed E-state index contributed by atoms with van der Waals surface area (Å²) in [4.78, 5) is 16.7. The van der Waals surface area contributed by atoms with E-state index in [1.807, 2.05) is 31.2 Å². The van der Waals surface area contributed by atoms with Crippen LogP contribution in [0, 0.1) is 12.3 Å². The molecule has 1 aromatic carbocycles. The Morgan fingerprint density at radius 2 is 2.21 bits per heavy atom. The van der Waals surface area contributed by atoms with Crippen molar-refractivity contribution in [3.05, 3.63) is 35.4 Å². The van der Waals surface area contributed by atoms with Gasteiger partial charge in [0.25, 0.3) is 0 Å². The Hall–Kier alpha value is -2.85. The Labute approximate surface area is 166 Å². The van der Waals surface area contributed by atoms with Crippen LogP contribution >= 0.6 is 11.8 Å². The zero-order chi connectivity index (χ0) is 20.1. The van der Waals surface area contributed by atoms with E-state index >= 15 is 0 Å². The first-order chi connectivity index (χ1) is 13.5. The molecule has 1 amide bonds. The lowest BCUT2D eigenvalue weighted by atomic mass is 10.2. The largest absolute Gasteiger partial charge is 0.497 e. The second-order valence-electron chi connectivity index (χ2n) is 5.96. The number of hydrogen-bond donors (Lipinski definition) is 3. The monoisotopic (exact) mass is 402 g/mol. The highest BCUT2D eigenvalue weighted by Crippen LogP contribution is 2.23. The fourth-order valence-electron chi connectivity index (χ4n) is 2.69. The smallest absolute Gasteiger partial charge is 0.230 e. The van der Waals surface area contributed by atoms with Crippen molar-refractivity contribution in [3.8, 4) is 11.4 Å². The van der Waals surface area contributed by atoms with Crippen molar-refractivity contribution < 1.29 is 14.3 Å². The van der Waals surface area contributed by atoms with Crippen molar-refractivity contribution >= 4 is 28.7 Å². The van der Waals surface area contributed by atoms with E-state index in [0.29, 0.717) is 35.1 Å². The van der Waals surface area contributed by atoms with Crippen molar-refractivity contribution in [2.75, 3.05) is 33.1 Å². The van der Waals surface area contributed by atoms with Gasteiger partial charge in [-0.15, -0.1) is 0 Å². The van der Waals surface area contributed by atoms with Crippen LogP contribution in [0.25, 0.3) is 16.7 Å². The molecule has 0 spiro atoms. The molecule has 0 radical (unpaired) electrons. The van der Waals surface area contributed by atoms with E-state index in [-0.39, 0.29) is 17.1 Å². The molecule has 0 aliphatic heterocycles. The number of amides is 1. The van der Waals surface area contributed by atoms with Gasteiger partial charge in [-0.1, -0.05) is 17.8 Å². The van der Waals surface area contributed by atoms with Crippen LogP contribution in [-0.2, 0) is 9.53 Å². The molecule has 0 unspecified atom stereocenters. The second-order valence-corrected chi connectivity index (χ2v) is 6.90. The van der Waals surface area contributed by atoms with E-state index in [4.69, 9.17) is 14.9 Å². The number of aromatic nitrogens is 4. The molecule has 2 heterocycles. The molecule has 0 aliphatic carbocycles. The number of aromatic amines is 1. The van der Waals surface area contributed by atoms with Gasteiger partial charge in [-0.2, -0.15) is 5.10 Å². The minimum Gasteiger partial charge on any atom is -0.497 e. The van der Waals surface area contributed by atoms with Gasteiger partial charge < -0.3 is 14.8 Å². The van der Waals surface area contributed by atoms with Crippen molar-refractivity contribution in [3.63, 3.8) is 0 Å². The number of carbonyl (C=O) groups is 1. The van der Waals surface area contributed by atoms with Gasteiger partial charge in [0.2, 0.25) is 5.91 Å². The standard InChI is InChI=1S/C18H22N6O3S/c1-11-15-16(19)24(12-5-4-6-13(9-12)27-3)18(21-17(15)23-22-11)28-10-14(25)20-7-8-26-2/h4-6,9,19H,7-8,10H2,1-3H3,(H,20,25)(H,22,23). The molecule has 0 bridgehead atoms. The Balaban J connectivity index is 2.00. The molecule has 28 heavy (non-hydrogen) atoms. The van der Waals surface area contributed by atoms with Gasteiger partial charge in [-0.05, 0) is 19.1 Å². The van der Waals surface area contributed by atoms with Crippen LogP contribution in [0.15, 0.2) is 29.4 Å². The van der Waals surface area contributed by atoms with Crippen molar-refractivity contribution in [1.29, 1.82) is 5.41 Å². The number of rotatable bonds is 8. The normalized spacial score (nSPS) is 11.0. The highest BCUT2D eigenvalue weighted by atomic mass is 32.2. The topological polar surface area (TPSA) is 118 Å². The summed E-state index contributed by atoms with van der Waals surface area (Å²) in [6.45, 7) is 2.75. The van der Waals surface area contributed by atoms with Gasteiger partial charge in [0.1, 0.15) is 11.2 Å². The Morgan fingerprint density at radius 1 is 1.39 bits per heavy atom. The van der Waals surface area contributed by atoms with Crippen LogP contribution in [0.3, 0.4) is 0 Å². The number of ether oxygens (including phenoxy) is 2. The van der Waals surface area contributed by atoms with Crippen LogP contribution in [0.4, 0.5) is 0 Å². The number of nitrogens with one attached hydrogen (secondary N) is 3. The van der Waals surface area contributed by atoms with Crippen LogP contribution in [0.1, 0.15) is 5.69 Å². The van der Waals surface area contributed by atoms with Gasteiger partial charge in [0.05, 0.1) is 30.5 Å². The fraction of sp³-hybridized carbons (Fsp3) is 0.333. The first-order valence-corrected chi connectivity index (χ1v) is 9.59. The maximum Gasteiger partial charge on any atom is 0.230 e. The molecule has 9 nitrogen and oxygen atoms in total. The van der Waals surface area contributed by atoms with Gasteiger partial charge in [0.15, 0.2) is 10.8 Å². The molecule has 0 fully saturated rings. The highest BCUT2D eigenvalue weighted by Gasteiger charge is 2.16. The lowest BCUT2D eigenvalue weighted by molar-refractivity contribution is -0.118. The Bertz CT molecular complexity index is 1050. The number of methoxy groups -OCH3 is 2. The van der Waals surface area contributed by atoms with Gasteiger partial charge in [-0.3, -0.25) is 19.9 Å². The molecule has 3 N–H and O–H groups in total. The molecule has 0 aliphatic rings. The molecule has 0 saturated carbocycles. The number of H-pyrrole nitrogens is 1. The number of hydrogen-bond acceptors (Lipinski definition) is 7. The number of benzene rings is 1. The molecule has 0 saturated heterocycles. The summed E-state index contributed by atoms with van der Waals surface area (Å²) < 4.78 is 11.9. The van der Waals surface area contributed by atoms with E-state index in [0.717, 1.165) is 11.4 Å². The highest BCUT2D eigenvalue weighted by molar-refractivity contribution is 7.99. The molecule has 2 aromatic heterocycles. The Morgan fingerprint density at radius 3 is 2.96 bits per heavy atom.